The molecule has 2 aromatic rings. The molecule has 0 bridgehead atoms. The normalized spacial score (nSPS) is 9.64. The zero-order chi connectivity index (χ0) is 10.7. The van der Waals surface area contributed by atoms with Crippen LogP contribution in [0.15, 0.2) is 6.33 Å². The predicted molar refractivity (Wildman–Crippen MR) is 59.5 cm³/mol. The molecule has 0 atom stereocenters. The highest BCUT2D eigenvalue weighted by Gasteiger charge is 2.04. The maximum absolute atomic E-state index is 5.60. The first-order valence-corrected chi connectivity index (χ1v) is 4.76. The molecule has 0 aromatic carbocycles. The molecule has 0 amide bonds. The molecule has 0 saturated heterocycles. The van der Waals surface area contributed by atoms with Gasteiger partial charge in [-0.2, -0.15) is 0 Å². The molecule has 2 aromatic heterocycles. The number of imidazole rings is 1. The van der Waals surface area contributed by atoms with Crippen LogP contribution in [-0.4, -0.2) is 19.5 Å². The Morgan fingerprint density at radius 2 is 2.07 bits per heavy atom. The van der Waals surface area contributed by atoms with E-state index in [0.29, 0.717) is 16.1 Å². The topological polar surface area (TPSA) is 72.5 Å². The summed E-state index contributed by atoms with van der Waals surface area (Å²) in [5.41, 5.74) is 7.02. The zero-order valence-corrected chi connectivity index (χ0v) is 9.22. The van der Waals surface area contributed by atoms with Crippen molar-refractivity contribution in [2.24, 2.45) is 7.05 Å². The fourth-order valence-corrected chi connectivity index (χ4v) is 1.24. The third-order valence-electron chi connectivity index (χ3n) is 1.71. The minimum atomic E-state index is 0.423. The minimum Gasteiger partial charge on any atom is -0.382 e. The van der Waals surface area contributed by atoms with E-state index >= 15 is 0 Å². The molecule has 3 N–H and O–H groups in total. The van der Waals surface area contributed by atoms with Crippen LogP contribution in [0.5, 0.6) is 0 Å². The highest BCUT2D eigenvalue weighted by Crippen LogP contribution is 2.13. The van der Waals surface area contributed by atoms with Gasteiger partial charge in [-0.15, -0.1) is 0 Å². The van der Waals surface area contributed by atoms with Gasteiger partial charge in [0.1, 0.15) is 11.8 Å². The lowest BCUT2D eigenvalue weighted by molar-refractivity contribution is 0.909. The van der Waals surface area contributed by atoms with Crippen molar-refractivity contribution in [1.29, 1.82) is 0 Å². The third-order valence-corrected chi connectivity index (χ3v) is 2.09. The lowest BCUT2D eigenvalue weighted by Crippen LogP contribution is -1.94. The number of H-pyrrole nitrogens is 1. The molecule has 0 aliphatic rings. The average molecular weight is 211 g/mol. The predicted octanol–water partition coefficient (Wildman–Crippen LogP) is 1.63. The van der Waals surface area contributed by atoms with E-state index in [1.54, 1.807) is 4.57 Å². The number of aryl methyl sites for hydroxylation is 1. The van der Waals surface area contributed by atoms with Crippen LogP contribution < -0.4 is 5.73 Å². The van der Waals surface area contributed by atoms with Crippen LogP contribution in [0.2, 0.25) is 0 Å². The first-order chi connectivity index (χ1) is 6.70. The average Bonchev–Trinajstić information content (AvgIpc) is 2.50. The Bertz CT molecular complexity index is 484. The quantitative estimate of drug-likeness (QED) is 0.650. The highest BCUT2D eigenvalue weighted by atomic mass is 32.1. The molecular weight excluding hydrogens is 198 g/mol. The lowest BCUT2D eigenvalue weighted by Gasteiger charge is -1.93. The van der Waals surface area contributed by atoms with Crippen LogP contribution >= 0.6 is 12.2 Å². The fraction of sp³-hybridized carbons (Fsp3) is 0.375. The summed E-state index contributed by atoms with van der Waals surface area (Å²) in [4.78, 5) is 10.8. The number of hydrogen-bond donors (Lipinski definition) is 2. The molecule has 2 rings (SSSR count). The second kappa shape index (κ2) is 4.19. The van der Waals surface area contributed by atoms with Gasteiger partial charge in [0.15, 0.2) is 16.2 Å². The molecule has 0 aliphatic carbocycles. The van der Waals surface area contributed by atoms with E-state index in [1.165, 1.54) is 6.33 Å². The molecular formula is C8H13N5S. The highest BCUT2D eigenvalue weighted by molar-refractivity contribution is 7.71. The van der Waals surface area contributed by atoms with E-state index in [0.717, 1.165) is 5.65 Å². The van der Waals surface area contributed by atoms with Gasteiger partial charge in [-0.25, -0.2) is 9.97 Å². The molecule has 76 valence electrons. The van der Waals surface area contributed by atoms with Crippen LogP contribution in [0.25, 0.3) is 11.2 Å². The van der Waals surface area contributed by atoms with E-state index in [1.807, 2.05) is 20.9 Å². The van der Waals surface area contributed by atoms with E-state index in [-0.39, 0.29) is 0 Å². The first kappa shape index (κ1) is 10.6. The van der Waals surface area contributed by atoms with Gasteiger partial charge < -0.3 is 15.3 Å². The minimum absolute atomic E-state index is 0.423. The van der Waals surface area contributed by atoms with E-state index in [9.17, 15) is 0 Å². The summed E-state index contributed by atoms with van der Waals surface area (Å²) in [6.07, 6.45) is 1.42. The van der Waals surface area contributed by atoms with Crippen molar-refractivity contribution in [3.05, 3.63) is 11.1 Å². The molecule has 5 nitrogen and oxygen atoms in total. The number of aromatic nitrogens is 4. The standard InChI is InChI=1S/C6H7N5S.C2H6/c1-11-5-3(10-6(11)12)4(7)8-2-9-5;1-2/h2H,1H3,(H,10,12)(H2,7,8,9);1-2H3. The number of nitrogens with zero attached hydrogens (tertiary/aromatic N) is 3. The van der Waals surface area contributed by atoms with Crippen LogP contribution in [0, 0.1) is 4.77 Å². The van der Waals surface area contributed by atoms with Crippen molar-refractivity contribution < 1.29 is 0 Å². The molecule has 0 spiro atoms. The van der Waals surface area contributed by atoms with Crippen molar-refractivity contribution >= 4 is 29.2 Å². The first-order valence-electron chi connectivity index (χ1n) is 4.35. The molecule has 2 heterocycles. The number of hydrogen-bond acceptors (Lipinski definition) is 4. The maximum atomic E-state index is 5.60. The molecule has 6 heteroatoms. The number of fused-ring (bicyclic) bond motifs is 1. The Morgan fingerprint density at radius 3 is 2.64 bits per heavy atom. The molecule has 14 heavy (non-hydrogen) atoms. The Hall–Kier alpha value is -1.43. The van der Waals surface area contributed by atoms with Crippen molar-refractivity contribution in [3.63, 3.8) is 0 Å². The number of nitrogens with two attached hydrogens (primary N) is 1. The number of nitrogens with one attached hydrogen (secondary N) is 1. The van der Waals surface area contributed by atoms with Gasteiger partial charge in [0.25, 0.3) is 0 Å². The summed E-state index contributed by atoms with van der Waals surface area (Å²) < 4.78 is 2.35. The van der Waals surface area contributed by atoms with E-state index in [2.05, 4.69) is 15.0 Å². The summed E-state index contributed by atoms with van der Waals surface area (Å²) in [6.45, 7) is 4.00. The largest absolute Gasteiger partial charge is 0.382 e. The van der Waals surface area contributed by atoms with Gasteiger partial charge in [0, 0.05) is 7.05 Å². The second-order valence-electron chi connectivity index (χ2n) is 2.45. The smallest absolute Gasteiger partial charge is 0.179 e. The summed E-state index contributed by atoms with van der Waals surface area (Å²) in [5.74, 6) is 0.423. The Labute approximate surface area is 87.0 Å². The van der Waals surface area contributed by atoms with E-state index in [4.69, 9.17) is 18.0 Å². The van der Waals surface area contributed by atoms with Crippen molar-refractivity contribution in [3.8, 4) is 0 Å². The molecule has 0 fully saturated rings. The summed E-state index contributed by atoms with van der Waals surface area (Å²) in [7, 11) is 1.83. The van der Waals surface area contributed by atoms with Crippen molar-refractivity contribution in [2.45, 2.75) is 13.8 Å². The van der Waals surface area contributed by atoms with E-state index < -0.39 is 0 Å². The second-order valence-corrected chi connectivity index (χ2v) is 2.83. The van der Waals surface area contributed by atoms with Crippen molar-refractivity contribution in [2.75, 3.05) is 5.73 Å². The molecule has 0 aliphatic heterocycles. The van der Waals surface area contributed by atoms with Gasteiger partial charge >= 0.3 is 0 Å². The fourth-order valence-electron chi connectivity index (χ4n) is 1.05. The van der Waals surface area contributed by atoms with Crippen LogP contribution in [0.4, 0.5) is 5.82 Å². The third kappa shape index (κ3) is 1.60. The van der Waals surface area contributed by atoms with Crippen LogP contribution in [-0.2, 0) is 7.05 Å². The molecule has 0 radical (unpaired) electrons. The number of rotatable bonds is 0. The Balaban J connectivity index is 0.000000461. The monoisotopic (exact) mass is 211 g/mol. The Kier molecular flexibility index (Phi) is 3.19. The van der Waals surface area contributed by atoms with Gasteiger partial charge in [-0.05, 0) is 12.2 Å². The molecule has 0 saturated carbocycles. The Morgan fingerprint density at radius 1 is 1.43 bits per heavy atom. The van der Waals surface area contributed by atoms with Gasteiger partial charge in [-0.3, -0.25) is 0 Å². The van der Waals surface area contributed by atoms with Crippen LogP contribution in [0.1, 0.15) is 13.8 Å². The summed E-state index contributed by atoms with van der Waals surface area (Å²) >= 11 is 5.00. The van der Waals surface area contributed by atoms with Gasteiger partial charge in [-0.1, -0.05) is 13.8 Å². The summed E-state index contributed by atoms with van der Waals surface area (Å²) in [5, 5.41) is 0. The SMILES string of the molecule is CC.Cn1c(=S)[nH]c2c(N)ncnc21. The maximum Gasteiger partial charge on any atom is 0.179 e. The van der Waals surface area contributed by atoms with Gasteiger partial charge in [0.05, 0.1) is 0 Å². The van der Waals surface area contributed by atoms with Crippen molar-refractivity contribution in [1.82, 2.24) is 19.5 Å². The van der Waals surface area contributed by atoms with Gasteiger partial charge in [0.2, 0.25) is 0 Å². The summed E-state index contributed by atoms with van der Waals surface area (Å²) in [6, 6.07) is 0. The number of aromatic amines is 1. The lowest BCUT2D eigenvalue weighted by atomic mass is 10.5. The molecule has 0 unspecified atom stereocenters. The number of anilines is 1. The van der Waals surface area contributed by atoms with Crippen LogP contribution in [0.3, 0.4) is 0 Å². The number of nitrogen functional groups attached to an aromatic ring is 1. The zero-order valence-electron chi connectivity index (χ0n) is 8.40.